The molecule has 1 aromatic heterocycles. The molecule has 0 unspecified atom stereocenters. The first-order valence-electron chi connectivity index (χ1n) is 7.36. The molecule has 0 aromatic carbocycles. The van der Waals surface area contributed by atoms with Gasteiger partial charge in [0.15, 0.2) is 0 Å². The van der Waals surface area contributed by atoms with E-state index in [0.29, 0.717) is 22.3 Å². The molecule has 1 aliphatic rings. The van der Waals surface area contributed by atoms with Crippen molar-refractivity contribution in [1.29, 1.82) is 0 Å². The van der Waals surface area contributed by atoms with Crippen molar-refractivity contribution in [3.63, 3.8) is 0 Å². The Morgan fingerprint density at radius 2 is 2.04 bits per heavy atom. The Morgan fingerprint density at radius 1 is 1.39 bits per heavy atom. The van der Waals surface area contributed by atoms with Gasteiger partial charge in [-0.15, -0.1) is 11.3 Å². The summed E-state index contributed by atoms with van der Waals surface area (Å²) in [6.45, 7) is 4.98. The van der Waals surface area contributed by atoms with Crippen LogP contribution in [0.15, 0.2) is 12.1 Å². The third-order valence-corrected chi connectivity index (χ3v) is 6.85. The SMILES string of the molecule is CC(C)[C@@H]1CN(C(=O)c2ccc(Cl)s2)C[C@H]1NS(=O)(=O)N(C)C. The van der Waals surface area contributed by atoms with Gasteiger partial charge in [-0.1, -0.05) is 25.4 Å². The van der Waals surface area contributed by atoms with Crippen LogP contribution in [0.5, 0.6) is 0 Å². The lowest BCUT2D eigenvalue weighted by atomic mass is 9.92. The number of amides is 1. The summed E-state index contributed by atoms with van der Waals surface area (Å²) < 4.78 is 28.6. The average Bonchev–Trinajstić information content (AvgIpc) is 3.04. The Bertz CT molecular complexity index is 673. The molecule has 130 valence electrons. The highest BCUT2D eigenvalue weighted by molar-refractivity contribution is 7.87. The summed E-state index contributed by atoms with van der Waals surface area (Å²) in [5, 5.41) is 0. The fraction of sp³-hybridized carbons (Fsp3) is 0.643. The van der Waals surface area contributed by atoms with Crippen molar-refractivity contribution < 1.29 is 13.2 Å². The number of hydrogen-bond donors (Lipinski definition) is 1. The van der Waals surface area contributed by atoms with E-state index in [2.05, 4.69) is 4.72 Å². The average molecular weight is 380 g/mol. The fourth-order valence-electron chi connectivity index (χ4n) is 2.68. The van der Waals surface area contributed by atoms with Gasteiger partial charge in [0.1, 0.15) is 0 Å². The van der Waals surface area contributed by atoms with Crippen molar-refractivity contribution in [2.45, 2.75) is 19.9 Å². The third kappa shape index (κ3) is 4.24. The Hall–Kier alpha value is -0.670. The first-order valence-corrected chi connectivity index (χ1v) is 9.99. The van der Waals surface area contributed by atoms with E-state index in [0.717, 1.165) is 4.31 Å². The van der Waals surface area contributed by atoms with Gasteiger partial charge in [0, 0.05) is 33.2 Å². The Balaban J connectivity index is 2.16. The topological polar surface area (TPSA) is 69.7 Å². The minimum Gasteiger partial charge on any atom is -0.336 e. The zero-order valence-corrected chi connectivity index (χ0v) is 16.0. The van der Waals surface area contributed by atoms with Crippen LogP contribution in [0.2, 0.25) is 4.34 Å². The molecule has 9 heteroatoms. The van der Waals surface area contributed by atoms with E-state index in [1.54, 1.807) is 17.0 Å². The van der Waals surface area contributed by atoms with E-state index in [1.807, 2.05) is 13.8 Å². The summed E-state index contributed by atoms with van der Waals surface area (Å²) in [6.07, 6.45) is 0. The number of hydrogen-bond acceptors (Lipinski definition) is 4. The standard InChI is InChI=1S/C14H22ClN3O3S2/c1-9(2)10-7-18(14(19)12-5-6-13(15)22-12)8-11(10)16-23(20,21)17(3)4/h5-6,9-11,16H,7-8H2,1-4H3/t10-,11+/m0/s1. The lowest BCUT2D eigenvalue weighted by molar-refractivity contribution is 0.0787. The number of rotatable bonds is 5. The zero-order chi connectivity index (χ0) is 17.4. The molecule has 0 radical (unpaired) electrons. The van der Waals surface area contributed by atoms with Gasteiger partial charge >= 0.3 is 0 Å². The van der Waals surface area contributed by atoms with Gasteiger partial charge in [0.05, 0.1) is 9.21 Å². The molecule has 0 saturated carbocycles. The first-order chi connectivity index (χ1) is 10.6. The van der Waals surface area contributed by atoms with Crippen molar-refractivity contribution in [3.8, 4) is 0 Å². The maximum absolute atomic E-state index is 12.6. The van der Waals surface area contributed by atoms with Gasteiger partial charge < -0.3 is 4.90 Å². The molecular weight excluding hydrogens is 358 g/mol. The molecule has 1 fully saturated rings. The third-order valence-electron chi connectivity index (χ3n) is 4.07. The van der Waals surface area contributed by atoms with Crippen LogP contribution in [0.25, 0.3) is 0 Å². The van der Waals surface area contributed by atoms with Crippen LogP contribution < -0.4 is 4.72 Å². The molecule has 1 saturated heterocycles. The molecule has 2 atom stereocenters. The van der Waals surface area contributed by atoms with Crippen LogP contribution >= 0.6 is 22.9 Å². The van der Waals surface area contributed by atoms with Crippen molar-refractivity contribution in [2.24, 2.45) is 11.8 Å². The van der Waals surface area contributed by atoms with Gasteiger partial charge in [-0.25, -0.2) is 0 Å². The van der Waals surface area contributed by atoms with E-state index in [1.165, 1.54) is 25.4 Å². The molecule has 0 aliphatic carbocycles. The highest BCUT2D eigenvalue weighted by Gasteiger charge is 2.39. The Morgan fingerprint density at radius 3 is 2.52 bits per heavy atom. The van der Waals surface area contributed by atoms with Crippen molar-refractivity contribution >= 4 is 39.1 Å². The molecule has 0 spiro atoms. The number of nitrogens with zero attached hydrogens (tertiary/aromatic N) is 2. The summed E-state index contributed by atoms with van der Waals surface area (Å²) in [5.41, 5.74) is 0. The Kier molecular flexibility index (Phi) is 5.73. The maximum Gasteiger partial charge on any atom is 0.279 e. The molecule has 1 aromatic rings. The van der Waals surface area contributed by atoms with Crippen LogP contribution in [0.4, 0.5) is 0 Å². The number of nitrogens with one attached hydrogen (secondary N) is 1. The zero-order valence-electron chi connectivity index (χ0n) is 13.6. The van der Waals surface area contributed by atoms with Crippen LogP contribution in [0, 0.1) is 11.8 Å². The summed E-state index contributed by atoms with van der Waals surface area (Å²) in [6, 6.07) is 3.11. The molecule has 1 N–H and O–H groups in total. The van der Waals surface area contributed by atoms with Gasteiger partial charge in [-0.05, 0) is 24.0 Å². The summed E-state index contributed by atoms with van der Waals surface area (Å²) >= 11 is 7.13. The number of carbonyl (C=O) groups is 1. The number of likely N-dealkylation sites (tertiary alicyclic amines) is 1. The number of halogens is 1. The van der Waals surface area contributed by atoms with E-state index in [9.17, 15) is 13.2 Å². The predicted molar refractivity (Wildman–Crippen MR) is 93.1 cm³/mol. The molecule has 6 nitrogen and oxygen atoms in total. The van der Waals surface area contributed by atoms with Crippen molar-refractivity contribution in [2.75, 3.05) is 27.2 Å². The number of carbonyl (C=O) groups excluding carboxylic acids is 1. The Labute approximate surface area is 146 Å². The summed E-state index contributed by atoms with van der Waals surface area (Å²) in [5.74, 6) is 0.234. The first kappa shape index (κ1) is 18.7. The van der Waals surface area contributed by atoms with Gasteiger partial charge in [0.2, 0.25) is 0 Å². The summed E-state index contributed by atoms with van der Waals surface area (Å²) in [4.78, 5) is 14.8. The second kappa shape index (κ2) is 7.06. The van der Waals surface area contributed by atoms with Crippen molar-refractivity contribution in [1.82, 2.24) is 13.9 Å². The van der Waals surface area contributed by atoms with E-state index >= 15 is 0 Å². The van der Waals surface area contributed by atoms with E-state index < -0.39 is 10.2 Å². The van der Waals surface area contributed by atoms with Crippen LogP contribution in [-0.4, -0.2) is 56.8 Å². The molecule has 2 heterocycles. The monoisotopic (exact) mass is 379 g/mol. The fourth-order valence-corrected chi connectivity index (χ4v) is 4.53. The quantitative estimate of drug-likeness (QED) is 0.849. The van der Waals surface area contributed by atoms with E-state index in [-0.39, 0.29) is 23.8 Å². The number of thiophene rings is 1. The summed E-state index contributed by atoms with van der Waals surface area (Å²) in [7, 11) is -0.562. The van der Waals surface area contributed by atoms with Gasteiger partial charge in [0.25, 0.3) is 16.1 Å². The second-order valence-electron chi connectivity index (χ2n) is 6.23. The maximum atomic E-state index is 12.6. The minimum absolute atomic E-state index is 0.0732. The molecular formula is C14H22ClN3O3S2. The predicted octanol–water partition coefficient (Wildman–Crippen LogP) is 1.89. The molecule has 0 bridgehead atoms. The van der Waals surface area contributed by atoms with Crippen LogP contribution in [0.1, 0.15) is 23.5 Å². The van der Waals surface area contributed by atoms with Gasteiger partial charge in [-0.2, -0.15) is 17.4 Å². The molecule has 23 heavy (non-hydrogen) atoms. The van der Waals surface area contributed by atoms with Crippen LogP contribution in [0.3, 0.4) is 0 Å². The van der Waals surface area contributed by atoms with E-state index in [4.69, 9.17) is 11.6 Å². The van der Waals surface area contributed by atoms with Crippen molar-refractivity contribution in [3.05, 3.63) is 21.3 Å². The molecule has 2 rings (SSSR count). The molecule has 1 aliphatic heterocycles. The molecule has 1 amide bonds. The minimum atomic E-state index is -3.53. The lowest BCUT2D eigenvalue weighted by Crippen LogP contribution is -2.46. The highest BCUT2D eigenvalue weighted by Crippen LogP contribution is 2.29. The lowest BCUT2D eigenvalue weighted by Gasteiger charge is -2.24. The van der Waals surface area contributed by atoms with Gasteiger partial charge in [-0.3, -0.25) is 4.79 Å². The second-order valence-corrected chi connectivity index (χ2v) is 9.86. The smallest absolute Gasteiger partial charge is 0.279 e. The van der Waals surface area contributed by atoms with Crippen LogP contribution in [-0.2, 0) is 10.2 Å². The normalized spacial score (nSPS) is 22.3. The highest BCUT2D eigenvalue weighted by atomic mass is 35.5. The largest absolute Gasteiger partial charge is 0.336 e.